The molecule has 3 rings (SSSR count). The largest absolute Gasteiger partial charge is 0.446 e. The standard InChI is InChI=1S/C17H20BF3N4O/c1-2-8-22-15-13(17(19,20)21)10-23-16(25-15)24-12-5-6-14-11(9-12)4-3-7-18(14)26/h5-6,9-10,26H,2-4,7-8H2,1H3,(H2,22,23,24,25). The summed E-state index contributed by atoms with van der Waals surface area (Å²) >= 11 is 0. The Labute approximate surface area is 150 Å². The molecule has 0 atom stereocenters. The number of halogens is 3. The van der Waals surface area contributed by atoms with Gasteiger partial charge in [0, 0.05) is 18.4 Å². The summed E-state index contributed by atoms with van der Waals surface area (Å²) in [4.78, 5) is 7.80. The normalized spacial score (nSPS) is 14.1. The van der Waals surface area contributed by atoms with Crippen molar-refractivity contribution in [3.8, 4) is 0 Å². The molecule has 138 valence electrons. The molecule has 3 N–H and O–H groups in total. The van der Waals surface area contributed by atoms with Crippen LogP contribution in [0.15, 0.2) is 24.4 Å². The van der Waals surface area contributed by atoms with Gasteiger partial charge < -0.3 is 15.7 Å². The zero-order valence-corrected chi connectivity index (χ0v) is 14.4. The number of nitrogens with one attached hydrogen (secondary N) is 2. The summed E-state index contributed by atoms with van der Waals surface area (Å²) in [7, 11) is 0. The Morgan fingerprint density at radius 1 is 1.31 bits per heavy atom. The summed E-state index contributed by atoms with van der Waals surface area (Å²) < 4.78 is 39.3. The van der Waals surface area contributed by atoms with Gasteiger partial charge in [-0.2, -0.15) is 18.2 Å². The zero-order chi connectivity index (χ0) is 18.7. The number of anilines is 3. The van der Waals surface area contributed by atoms with E-state index in [2.05, 4.69) is 20.6 Å². The molecule has 1 aromatic carbocycles. The predicted octanol–water partition coefficient (Wildman–Crippen LogP) is 3.20. The second-order valence-corrected chi connectivity index (χ2v) is 6.33. The molecule has 0 bridgehead atoms. The monoisotopic (exact) mass is 364 g/mol. The zero-order valence-electron chi connectivity index (χ0n) is 14.4. The minimum absolute atomic E-state index is 0.0907. The fourth-order valence-corrected chi connectivity index (χ4v) is 3.02. The molecule has 2 aromatic rings. The number of rotatable bonds is 5. The van der Waals surface area contributed by atoms with Gasteiger partial charge in [-0.1, -0.05) is 19.4 Å². The number of aromatic nitrogens is 2. The van der Waals surface area contributed by atoms with Crippen LogP contribution in [0.4, 0.5) is 30.6 Å². The van der Waals surface area contributed by atoms with E-state index < -0.39 is 18.7 Å². The van der Waals surface area contributed by atoms with Crippen molar-refractivity contribution in [1.29, 1.82) is 0 Å². The van der Waals surface area contributed by atoms with E-state index in [9.17, 15) is 18.2 Å². The van der Waals surface area contributed by atoms with Gasteiger partial charge in [0.15, 0.2) is 0 Å². The number of aryl methyl sites for hydroxylation is 1. The fraction of sp³-hybridized carbons (Fsp3) is 0.412. The Bertz CT molecular complexity index is 785. The minimum atomic E-state index is -4.52. The molecule has 1 aliphatic heterocycles. The summed E-state index contributed by atoms with van der Waals surface area (Å²) in [5.74, 6) is -0.141. The third kappa shape index (κ3) is 4.09. The molecule has 0 spiro atoms. The van der Waals surface area contributed by atoms with Crippen LogP contribution in [0.5, 0.6) is 0 Å². The summed E-state index contributed by atoms with van der Waals surface area (Å²) in [5, 5.41) is 15.7. The van der Waals surface area contributed by atoms with Crippen LogP contribution < -0.4 is 16.1 Å². The number of alkyl halides is 3. The number of hydrogen-bond acceptors (Lipinski definition) is 5. The Hall–Kier alpha value is -2.29. The summed E-state index contributed by atoms with van der Waals surface area (Å²) in [6.45, 7) is 1.79. The quantitative estimate of drug-likeness (QED) is 0.711. The molecule has 2 heterocycles. The molecule has 0 radical (unpaired) electrons. The van der Waals surface area contributed by atoms with Gasteiger partial charge in [0.05, 0.1) is 0 Å². The van der Waals surface area contributed by atoms with Crippen molar-refractivity contribution in [3.05, 3.63) is 35.5 Å². The van der Waals surface area contributed by atoms with E-state index >= 15 is 0 Å². The van der Waals surface area contributed by atoms with E-state index in [0.29, 0.717) is 18.7 Å². The molecular formula is C17H20BF3N4O. The van der Waals surface area contributed by atoms with Crippen LogP contribution in [0.3, 0.4) is 0 Å². The first kappa shape index (κ1) is 18.5. The first-order valence-corrected chi connectivity index (χ1v) is 8.64. The van der Waals surface area contributed by atoms with Crippen LogP contribution in [0.25, 0.3) is 0 Å². The lowest BCUT2D eigenvalue weighted by Crippen LogP contribution is -2.36. The van der Waals surface area contributed by atoms with E-state index in [1.807, 2.05) is 19.1 Å². The van der Waals surface area contributed by atoms with Crippen molar-refractivity contribution >= 4 is 29.8 Å². The molecular weight excluding hydrogens is 344 g/mol. The van der Waals surface area contributed by atoms with Gasteiger partial charge in [-0.3, -0.25) is 0 Å². The van der Waals surface area contributed by atoms with Crippen molar-refractivity contribution in [3.63, 3.8) is 0 Å². The molecule has 9 heteroatoms. The predicted molar refractivity (Wildman–Crippen MR) is 96.3 cm³/mol. The van der Waals surface area contributed by atoms with Crippen LogP contribution in [0.1, 0.15) is 30.9 Å². The Morgan fingerprint density at radius 3 is 2.85 bits per heavy atom. The first-order valence-electron chi connectivity index (χ1n) is 8.64. The Kier molecular flexibility index (Phi) is 5.36. The Balaban J connectivity index is 1.85. The van der Waals surface area contributed by atoms with E-state index in [1.54, 1.807) is 6.07 Å². The molecule has 5 nitrogen and oxygen atoms in total. The number of benzene rings is 1. The number of nitrogens with zero attached hydrogens (tertiary/aromatic N) is 2. The van der Waals surface area contributed by atoms with Gasteiger partial charge in [-0.25, -0.2) is 4.98 Å². The van der Waals surface area contributed by atoms with Crippen LogP contribution >= 0.6 is 0 Å². The average Bonchev–Trinajstić information content (AvgIpc) is 2.59. The number of fused-ring (bicyclic) bond motifs is 1. The molecule has 0 amide bonds. The topological polar surface area (TPSA) is 70.1 Å². The lowest BCUT2D eigenvalue weighted by Gasteiger charge is -2.19. The summed E-state index contributed by atoms with van der Waals surface area (Å²) in [6.07, 6.45) is -0.546. The van der Waals surface area contributed by atoms with E-state index in [1.165, 1.54) is 0 Å². The second kappa shape index (κ2) is 7.53. The highest BCUT2D eigenvalue weighted by Gasteiger charge is 2.35. The fourth-order valence-electron chi connectivity index (χ4n) is 3.02. The maximum Gasteiger partial charge on any atom is 0.421 e. The van der Waals surface area contributed by atoms with E-state index in [4.69, 9.17) is 0 Å². The van der Waals surface area contributed by atoms with Crippen LogP contribution in [0, 0.1) is 0 Å². The molecule has 1 aromatic heterocycles. The Morgan fingerprint density at radius 2 is 2.12 bits per heavy atom. The van der Waals surface area contributed by atoms with Crippen molar-refractivity contribution in [2.24, 2.45) is 0 Å². The molecule has 0 saturated heterocycles. The first-order chi connectivity index (χ1) is 12.4. The van der Waals surface area contributed by atoms with Gasteiger partial charge in [0.2, 0.25) is 5.95 Å². The average molecular weight is 364 g/mol. The number of hydrogen-bond donors (Lipinski definition) is 3. The van der Waals surface area contributed by atoms with Gasteiger partial charge in [-0.15, -0.1) is 0 Å². The molecule has 0 unspecified atom stereocenters. The SMILES string of the molecule is CCCNc1nc(Nc2ccc3c(c2)CCCB3O)ncc1C(F)(F)F. The van der Waals surface area contributed by atoms with Crippen molar-refractivity contribution in [1.82, 2.24) is 9.97 Å². The van der Waals surface area contributed by atoms with Gasteiger partial charge in [0.1, 0.15) is 11.4 Å². The van der Waals surface area contributed by atoms with Crippen LogP contribution in [-0.2, 0) is 12.6 Å². The van der Waals surface area contributed by atoms with Crippen molar-refractivity contribution < 1.29 is 18.2 Å². The molecule has 0 saturated carbocycles. The molecule has 0 aliphatic carbocycles. The van der Waals surface area contributed by atoms with Gasteiger partial charge in [0.25, 0.3) is 0 Å². The third-order valence-electron chi connectivity index (χ3n) is 4.32. The van der Waals surface area contributed by atoms with Crippen LogP contribution in [-0.4, -0.2) is 28.5 Å². The summed E-state index contributed by atoms with van der Waals surface area (Å²) in [6, 6.07) is 5.49. The highest BCUT2D eigenvalue weighted by Crippen LogP contribution is 2.34. The molecule has 0 fully saturated rings. The highest BCUT2D eigenvalue weighted by atomic mass is 19.4. The van der Waals surface area contributed by atoms with E-state index in [0.717, 1.165) is 36.4 Å². The third-order valence-corrected chi connectivity index (χ3v) is 4.32. The summed E-state index contributed by atoms with van der Waals surface area (Å²) in [5.41, 5.74) is 1.73. The minimum Gasteiger partial charge on any atom is -0.446 e. The van der Waals surface area contributed by atoms with E-state index in [-0.39, 0.29) is 11.8 Å². The van der Waals surface area contributed by atoms with Crippen LogP contribution in [0.2, 0.25) is 6.32 Å². The lowest BCUT2D eigenvalue weighted by molar-refractivity contribution is -0.137. The second-order valence-electron chi connectivity index (χ2n) is 6.33. The maximum atomic E-state index is 13.1. The highest BCUT2D eigenvalue weighted by molar-refractivity contribution is 6.67. The van der Waals surface area contributed by atoms with Gasteiger partial charge in [-0.05, 0) is 42.3 Å². The van der Waals surface area contributed by atoms with Crippen molar-refractivity contribution in [2.45, 2.75) is 38.7 Å². The van der Waals surface area contributed by atoms with Crippen molar-refractivity contribution in [2.75, 3.05) is 17.2 Å². The molecule has 1 aliphatic rings. The molecule has 26 heavy (non-hydrogen) atoms. The smallest absolute Gasteiger partial charge is 0.421 e. The van der Waals surface area contributed by atoms with Gasteiger partial charge >= 0.3 is 13.1 Å². The lowest BCUT2D eigenvalue weighted by atomic mass is 9.53. The maximum absolute atomic E-state index is 13.1.